The second-order valence-electron chi connectivity index (χ2n) is 5.69. The third-order valence-corrected chi connectivity index (χ3v) is 3.86. The number of ether oxygens (including phenoxy) is 2. The molecule has 1 aromatic rings. The van der Waals surface area contributed by atoms with Gasteiger partial charge >= 0.3 is 12.1 Å². The SMILES string of the molecule is NCC(NC(=O)OCc1ccccc1)C(=O)OC1CCCCC1. The lowest BCUT2D eigenvalue weighted by atomic mass is 9.98. The van der Waals surface area contributed by atoms with E-state index in [1.165, 1.54) is 6.42 Å². The molecule has 1 saturated carbocycles. The van der Waals surface area contributed by atoms with E-state index in [0.717, 1.165) is 31.2 Å². The van der Waals surface area contributed by atoms with Crippen LogP contribution >= 0.6 is 0 Å². The third-order valence-electron chi connectivity index (χ3n) is 3.86. The van der Waals surface area contributed by atoms with Crippen molar-refractivity contribution in [1.29, 1.82) is 0 Å². The van der Waals surface area contributed by atoms with Crippen LogP contribution in [0.15, 0.2) is 30.3 Å². The first-order chi connectivity index (χ1) is 11.2. The molecule has 1 aliphatic rings. The summed E-state index contributed by atoms with van der Waals surface area (Å²) in [6.07, 6.45) is 4.33. The van der Waals surface area contributed by atoms with Crippen LogP contribution in [0.4, 0.5) is 4.79 Å². The molecular formula is C17H24N2O4. The fraction of sp³-hybridized carbons (Fsp3) is 0.529. The summed E-state index contributed by atoms with van der Waals surface area (Å²) >= 11 is 0. The van der Waals surface area contributed by atoms with Crippen LogP contribution in [-0.4, -0.2) is 30.8 Å². The molecule has 0 bridgehead atoms. The van der Waals surface area contributed by atoms with Crippen molar-refractivity contribution in [3.63, 3.8) is 0 Å². The van der Waals surface area contributed by atoms with Crippen molar-refractivity contribution in [1.82, 2.24) is 5.32 Å². The number of carbonyl (C=O) groups excluding carboxylic acids is 2. The fourth-order valence-electron chi connectivity index (χ4n) is 2.55. The van der Waals surface area contributed by atoms with E-state index in [4.69, 9.17) is 15.2 Å². The lowest BCUT2D eigenvalue weighted by Gasteiger charge is -2.24. The standard InChI is InChI=1S/C17H24N2O4/c18-11-15(16(20)23-14-9-5-2-6-10-14)19-17(21)22-12-13-7-3-1-4-8-13/h1,3-4,7-8,14-15H,2,5-6,9-12,18H2,(H,19,21). The maximum absolute atomic E-state index is 12.1. The Labute approximate surface area is 136 Å². The molecule has 6 heteroatoms. The Morgan fingerprint density at radius 3 is 2.52 bits per heavy atom. The van der Waals surface area contributed by atoms with Gasteiger partial charge < -0.3 is 20.5 Å². The van der Waals surface area contributed by atoms with Gasteiger partial charge in [-0.05, 0) is 31.2 Å². The Kier molecular flexibility index (Phi) is 6.87. The minimum atomic E-state index is -0.875. The van der Waals surface area contributed by atoms with Crippen LogP contribution in [0.1, 0.15) is 37.7 Å². The van der Waals surface area contributed by atoms with Crippen LogP contribution in [0.5, 0.6) is 0 Å². The zero-order valence-electron chi connectivity index (χ0n) is 13.2. The molecule has 3 N–H and O–H groups in total. The largest absolute Gasteiger partial charge is 0.461 e. The second-order valence-corrected chi connectivity index (χ2v) is 5.69. The van der Waals surface area contributed by atoms with Gasteiger partial charge in [0.1, 0.15) is 18.8 Å². The van der Waals surface area contributed by atoms with Gasteiger partial charge in [0.25, 0.3) is 0 Å². The lowest BCUT2D eigenvalue weighted by Crippen LogP contribution is -2.47. The molecule has 0 spiro atoms. The van der Waals surface area contributed by atoms with E-state index in [1.807, 2.05) is 30.3 Å². The van der Waals surface area contributed by atoms with Crippen molar-refractivity contribution in [3.8, 4) is 0 Å². The Balaban J connectivity index is 1.76. The summed E-state index contributed by atoms with van der Waals surface area (Å²) in [7, 11) is 0. The summed E-state index contributed by atoms with van der Waals surface area (Å²) in [6.45, 7) is 0.119. The smallest absolute Gasteiger partial charge is 0.408 e. The fourth-order valence-corrected chi connectivity index (χ4v) is 2.55. The number of alkyl carbamates (subject to hydrolysis) is 1. The van der Waals surface area contributed by atoms with Crippen LogP contribution in [0.25, 0.3) is 0 Å². The lowest BCUT2D eigenvalue weighted by molar-refractivity contribution is -0.152. The molecule has 1 aliphatic carbocycles. The average Bonchev–Trinajstić information content (AvgIpc) is 2.59. The molecule has 23 heavy (non-hydrogen) atoms. The topological polar surface area (TPSA) is 90.6 Å². The van der Waals surface area contributed by atoms with E-state index in [9.17, 15) is 9.59 Å². The Morgan fingerprint density at radius 2 is 1.87 bits per heavy atom. The first kappa shape index (κ1) is 17.3. The van der Waals surface area contributed by atoms with E-state index >= 15 is 0 Å². The van der Waals surface area contributed by atoms with Crippen LogP contribution in [0.2, 0.25) is 0 Å². The van der Waals surface area contributed by atoms with Gasteiger partial charge in [0.05, 0.1) is 0 Å². The van der Waals surface area contributed by atoms with Gasteiger partial charge in [-0.2, -0.15) is 0 Å². The minimum absolute atomic E-state index is 0.0218. The predicted octanol–water partition coefficient (Wildman–Crippen LogP) is 2.12. The normalized spacial score (nSPS) is 16.4. The maximum Gasteiger partial charge on any atom is 0.408 e. The van der Waals surface area contributed by atoms with Gasteiger partial charge in [0.15, 0.2) is 0 Å². The maximum atomic E-state index is 12.1. The number of hydrogen-bond donors (Lipinski definition) is 2. The molecule has 0 heterocycles. The predicted molar refractivity (Wildman–Crippen MR) is 85.6 cm³/mol. The molecule has 1 unspecified atom stereocenters. The van der Waals surface area contributed by atoms with Crippen molar-refractivity contribution in [3.05, 3.63) is 35.9 Å². The van der Waals surface area contributed by atoms with Crippen LogP contribution in [-0.2, 0) is 20.9 Å². The van der Waals surface area contributed by atoms with E-state index in [0.29, 0.717) is 0 Å². The van der Waals surface area contributed by atoms with Crippen LogP contribution in [0, 0.1) is 0 Å². The molecule has 2 rings (SSSR count). The Morgan fingerprint density at radius 1 is 1.17 bits per heavy atom. The quantitative estimate of drug-likeness (QED) is 0.784. The summed E-state index contributed by atoms with van der Waals surface area (Å²) < 4.78 is 10.5. The van der Waals surface area contributed by atoms with E-state index in [-0.39, 0.29) is 19.3 Å². The van der Waals surface area contributed by atoms with Gasteiger partial charge in [-0.25, -0.2) is 9.59 Å². The first-order valence-corrected chi connectivity index (χ1v) is 8.07. The molecule has 1 aromatic carbocycles. The monoisotopic (exact) mass is 320 g/mol. The summed E-state index contributed by atoms with van der Waals surface area (Å²) in [5, 5.41) is 2.47. The Hall–Kier alpha value is -2.08. The molecule has 0 saturated heterocycles. The van der Waals surface area contributed by atoms with Gasteiger partial charge in [-0.3, -0.25) is 0 Å². The minimum Gasteiger partial charge on any atom is -0.461 e. The zero-order chi connectivity index (χ0) is 16.5. The third kappa shape index (κ3) is 5.90. The first-order valence-electron chi connectivity index (χ1n) is 8.07. The van der Waals surface area contributed by atoms with Crippen molar-refractivity contribution in [2.75, 3.05) is 6.54 Å². The molecule has 0 radical (unpaired) electrons. The molecule has 1 fully saturated rings. The molecule has 6 nitrogen and oxygen atoms in total. The number of hydrogen-bond acceptors (Lipinski definition) is 5. The number of nitrogens with one attached hydrogen (secondary N) is 1. The number of amides is 1. The van der Waals surface area contributed by atoms with E-state index in [2.05, 4.69) is 5.32 Å². The highest BCUT2D eigenvalue weighted by molar-refractivity contribution is 5.81. The molecule has 0 aliphatic heterocycles. The van der Waals surface area contributed by atoms with Gasteiger partial charge in [0, 0.05) is 6.54 Å². The van der Waals surface area contributed by atoms with Crippen molar-refractivity contribution in [2.24, 2.45) is 5.73 Å². The highest BCUT2D eigenvalue weighted by atomic mass is 16.6. The van der Waals surface area contributed by atoms with Crippen molar-refractivity contribution < 1.29 is 19.1 Å². The highest BCUT2D eigenvalue weighted by Crippen LogP contribution is 2.20. The van der Waals surface area contributed by atoms with Gasteiger partial charge in [-0.1, -0.05) is 36.8 Å². The van der Waals surface area contributed by atoms with E-state index in [1.54, 1.807) is 0 Å². The number of carbonyl (C=O) groups is 2. The van der Waals surface area contributed by atoms with Crippen molar-refractivity contribution >= 4 is 12.1 Å². The second kappa shape index (κ2) is 9.15. The molecule has 1 amide bonds. The zero-order valence-corrected chi connectivity index (χ0v) is 13.2. The number of benzene rings is 1. The summed E-state index contributed by atoms with van der Waals surface area (Å²) in [5.74, 6) is -0.490. The summed E-state index contributed by atoms with van der Waals surface area (Å²) in [6, 6.07) is 8.44. The Bertz CT molecular complexity index is 501. The summed E-state index contributed by atoms with van der Waals surface area (Å²) in [4.78, 5) is 23.9. The van der Waals surface area contributed by atoms with E-state index < -0.39 is 18.1 Å². The molecule has 0 aromatic heterocycles. The molecular weight excluding hydrogens is 296 g/mol. The summed E-state index contributed by atoms with van der Waals surface area (Å²) in [5.41, 5.74) is 6.44. The van der Waals surface area contributed by atoms with Crippen molar-refractivity contribution in [2.45, 2.75) is 50.9 Å². The number of nitrogens with two attached hydrogens (primary N) is 1. The van der Waals surface area contributed by atoms with Crippen LogP contribution < -0.4 is 11.1 Å². The van der Waals surface area contributed by atoms with Gasteiger partial charge in [-0.15, -0.1) is 0 Å². The van der Waals surface area contributed by atoms with Crippen LogP contribution in [0.3, 0.4) is 0 Å². The molecule has 126 valence electrons. The average molecular weight is 320 g/mol. The highest BCUT2D eigenvalue weighted by Gasteiger charge is 2.25. The number of rotatable bonds is 6. The number of esters is 1. The van der Waals surface area contributed by atoms with Gasteiger partial charge in [0.2, 0.25) is 0 Å². The molecule has 1 atom stereocenters.